The Bertz CT molecular complexity index is 739. The first-order valence-electron chi connectivity index (χ1n) is 9.78. The van der Waals surface area contributed by atoms with E-state index in [0.717, 1.165) is 23.0 Å². The lowest BCUT2D eigenvalue weighted by molar-refractivity contribution is -0.111. The predicted molar refractivity (Wildman–Crippen MR) is 112 cm³/mol. The highest BCUT2D eigenvalue weighted by Gasteiger charge is 2.39. The van der Waals surface area contributed by atoms with E-state index in [1.165, 1.54) is 0 Å². The number of carbonyl (C=O) groups excluding carboxylic acids is 1. The van der Waals surface area contributed by atoms with Gasteiger partial charge < -0.3 is 28.8 Å². The van der Waals surface area contributed by atoms with Crippen LogP contribution in [0.5, 0.6) is 11.5 Å². The summed E-state index contributed by atoms with van der Waals surface area (Å²) in [4.78, 5) is 12.2. The Morgan fingerprint density at radius 1 is 1.17 bits per heavy atom. The molecule has 0 saturated heterocycles. The van der Waals surface area contributed by atoms with Crippen molar-refractivity contribution in [3.05, 3.63) is 60.4 Å². The molecule has 158 valence electrons. The molecular formula is C23H30O6. The van der Waals surface area contributed by atoms with Crippen molar-refractivity contribution >= 4 is 6.29 Å². The molecule has 0 spiro atoms. The van der Waals surface area contributed by atoms with Crippen molar-refractivity contribution < 1.29 is 28.8 Å². The Labute approximate surface area is 172 Å². The SMILES string of the molecule is C=CCOc1cc(OCC=C)c(C2(C=O)C=COC2)c(CCOCCO)c1CC. The van der Waals surface area contributed by atoms with Gasteiger partial charge >= 0.3 is 0 Å². The van der Waals surface area contributed by atoms with Gasteiger partial charge in [-0.2, -0.15) is 0 Å². The van der Waals surface area contributed by atoms with Crippen molar-refractivity contribution in [3.8, 4) is 11.5 Å². The van der Waals surface area contributed by atoms with Gasteiger partial charge in [-0.15, -0.1) is 0 Å². The van der Waals surface area contributed by atoms with Crippen LogP contribution < -0.4 is 9.47 Å². The van der Waals surface area contributed by atoms with Crippen LogP contribution in [0.25, 0.3) is 0 Å². The van der Waals surface area contributed by atoms with Gasteiger partial charge in [0.1, 0.15) is 43.0 Å². The number of benzene rings is 1. The molecule has 0 radical (unpaired) electrons. The second kappa shape index (κ2) is 11.4. The van der Waals surface area contributed by atoms with Crippen molar-refractivity contribution in [2.24, 2.45) is 0 Å². The third-order valence-electron chi connectivity index (χ3n) is 4.73. The summed E-state index contributed by atoms with van der Waals surface area (Å²) >= 11 is 0. The monoisotopic (exact) mass is 402 g/mol. The molecule has 1 atom stereocenters. The van der Waals surface area contributed by atoms with Crippen LogP contribution in [0.1, 0.15) is 23.6 Å². The van der Waals surface area contributed by atoms with Crippen molar-refractivity contribution in [3.63, 3.8) is 0 Å². The third kappa shape index (κ3) is 5.28. The molecule has 6 heteroatoms. The van der Waals surface area contributed by atoms with E-state index < -0.39 is 5.41 Å². The van der Waals surface area contributed by atoms with E-state index in [0.29, 0.717) is 44.2 Å². The molecule has 0 bridgehead atoms. The van der Waals surface area contributed by atoms with Gasteiger partial charge in [-0.1, -0.05) is 32.2 Å². The Balaban J connectivity index is 2.66. The van der Waals surface area contributed by atoms with Gasteiger partial charge in [-0.05, 0) is 30.0 Å². The molecule has 0 saturated carbocycles. The molecule has 1 aromatic rings. The third-order valence-corrected chi connectivity index (χ3v) is 4.73. The van der Waals surface area contributed by atoms with E-state index in [-0.39, 0.29) is 19.8 Å². The Kier molecular flexibility index (Phi) is 8.96. The number of hydrogen-bond acceptors (Lipinski definition) is 6. The molecule has 6 nitrogen and oxygen atoms in total. The zero-order valence-corrected chi connectivity index (χ0v) is 17.0. The maximum Gasteiger partial charge on any atom is 0.138 e. The standard InChI is InChI=1S/C23H30O6/c1-4-10-28-20-15-21(29-11-5-2)22(23(16-25)8-13-27-17-23)19(18(20)6-3)7-12-26-14-9-24/h4-5,8,13,15-16,24H,1-2,6-7,9-12,14,17H2,3H3. The van der Waals surface area contributed by atoms with E-state index in [9.17, 15) is 4.79 Å². The highest BCUT2D eigenvalue weighted by Crippen LogP contribution is 2.43. The summed E-state index contributed by atoms with van der Waals surface area (Å²) in [6, 6.07) is 1.83. The minimum absolute atomic E-state index is 0.0431. The van der Waals surface area contributed by atoms with Crippen LogP contribution in [0.3, 0.4) is 0 Å². The minimum atomic E-state index is -0.941. The summed E-state index contributed by atoms with van der Waals surface area (Å²) in [5, 5.41) is 9.00. The average molecular weight is 402 g/mol. The molecule has 0 aliphatic carbocycles. The highest BCUT2D eigenvalue weighted by molar-refractivity contribution is 5.77. The van der Waals surface area contributed by atoms with Crippen LogP contribution in [0.2, 0.25) is 0 Å². The first-order chi connectivity index (χ1) is 14.2. The van der Waals surface area contributed by atoms with Gasteiger partial charge in [-0.3, -0.25) is 0 Å². The number of ether oxygens (including phenoxy) is 4. The lowest BCUT2D eigenvalue weighted by Crippen LogP contribution is -2.31. The number of aldehydes is 1. The lowest BCUT2D eigenvalue weighted by Gasteiger charge is -2.29. The molecule has 1 aromatic carbocycles. The summed E-state index contributed by atoms with van der Waals surface area (Å²) in [5.41, 5.74) is 1.75. The Morgan fingerprint density at radius 3 is 2.45 bits per heavy atom. The summed E-state index contributed by atoms with van der Waals surface area (Å²) in [6.07, 6.45) is 8.79. The van der Waals surface area contributed by atoms with Gasteiger partial charge in [0.2, 0.25) is 0 Å². The molecular weight excluding hydrogens is 372 g/mol. The van der Waals surface area contributed by atoms with Gasteiger partial charge in [-0.25, -0.2) is 0 Å². The van der Waals surface area contributed by atoms with Crippen LogP contribution in [-0.4, -0.2) is 51.0 Å². The topological polar surface area (TPSA) is 74.2 Å². The van der Waals surface area contributed by atoms with E-state index in [4.69, 9.17) is 24.1 Å². The van der Waals surface area contributed by atoms with Gasteiger partial charge in [0.05, 0.1) is 26.1 Å². The van der Waals surface area contributed by atoms with E-state index in [1.54, 1.807) is 24.5 Å². The van der Waals surface area contributed by atoms with Gasteiger partial charge in [0.25, 0.3) is 0 Å². The van der Waals surface area contributed by atoms with Crippen LogP contribution in [-0.2, 0) is 32.5 Å². The van der Waals surface area contributed by atoms with Crippen LogP contribution in [0.4, 0.5) is 0 Å². The van der Waals surface area contributed by atoms with Crippen LogP contribution in [0, 0.1) is 0 Å². The number of aliphatic hydroxyl groups excluding tert-OH is 1. The Morgan fingerprint density at radius 2 is 1.90 bits per heavy atom. The highest BCUT2D eigenvalue weighted by atomic mass is 16.5. The Hall–Kier alpha value is -2.57. The molecule has 1 aliphatic heterocycles. The fourth-order valence-corrected chi connectivity index (χ4v) is 3.47. The quantitative estimate of drug-likeness (QED) is 0.293. The van der Waals surface area contributed by atoms with Crippen LogP contribution in [0.15, 0.2) is 43.7 Å². The fraction of sp³-hybridized carbons (Fsp3) is 0.435. The summed E-state index contributed by atoms with van der Waals surface area (Å²) in [6.45, 7) is 10.9. The molecule has 0 aromatic heterocycles. The molecule has 29 heavy (non-hydrogen) atoms. The second-order valence-corrected chi connectivity index (χ2v) is 6.62. The second-order valence-electron chi connectivity index (χ2n) is 6.62. The molecule has 1 heterocycles. The first kappa shape index (κ1) is 22.7. The summed E-state index contributed by atoms with van der Waals surface area (Å²) < 4.78 is 22.8. The number of carbonyl (C=O) groups is 1. The van der Waals surface area contributed by atoms with Gasteiger partial charge in [0, 0.05) is 11.6 Å². The molecule has 1 unspecified atom stereocenters. The molecule has 1 N–H and O–H groups in total. The molecule has 1 aliphatic rings. The minimum Gasteiger partial charge on any atom is -0.500 e. The fourth-order valence-electron chi connectivity index (χ4n) is 3.47. The lowest BCUT2D eigenvalue weighted by atomic mass is 9.77. The molecule has 0 fully saturated rings. The molecule has 0 amide bonds. The van der Waals surface area contributed by atoms with E-state index in [2.05, 4.69) is 13.2 Å². The summed E-state index contributed by atoms with van der Waals surface area (Å²) in [7, 11) is 0. The number of aliphatic hydroxyl groups is 1. The van der Waals surface area contributed by atoms with Crippen molar-refractivity contribution in [1.82, 2.24) is 0 Å². The zero-order chi connectivity index (χ0) is 21.1. The maximum atomic E-state index is 12.2. The number of hydrogen-bond donors (Lipinski definition) is 1. The van der Waals surface area contributed by atoms with E-state index in [1.807, 2.05) is 13.0 Å². The van der Waals surface area contributed by atoms with Crippen molar-refractivity contribution in [2.45, 2.75) is 25.2 Å². The largest absolute Gasteiger partial charge is 0.500 e. The normalized spacial score (nSPS) is 17.6. The number of rotatable bonds is 14. The summed E-state index contributed by atoms with van der Waals surface area (Å²) in [5.74, 6) is 1.25. The molecule has 2 rings (SSSR count). The van der Waals surface area contributed by atoms with Crippen molar-refractivity contribution in [1.29, 1.82) is 0 Å². The average Bonchev–Trinajstić information content (AvgIpc) is 3.23. The zero-order valence-electron chi connectivity index (χ0n) is 17.0. The van der Waals surface area contributed by atoms with E-state index >= 15 is 0 Å². The van der Waals surface area contributed by atoms with Crippen LogP contribution >= 0.6 is 0 Å². The first-order valence-corrected chi connectivity index (χ1v) is 9.78. The predicted octanol–water partition coefficient (Wildman–Crippen LogP) is 2.91. The van der Waals surface area contributed by atoms with Gasteiger partial charge in [0.15, 0.2) is 0 Å². The smallest absolute Gasteiger partial charge is 0.138 e. The maximum absolute atomic E-state index is 12.2. The van der Waals surface area contributed by atoms with Crippen molar-refractivity contribution in [2.75, 3.05) is 39.6 Å².